The number of rotatable bonds is 0. The third-order valence-corrected chi connectivity index (χ3v) is 4.75. The summed E-state index contributed by atoms with van der Waals surface area (Å²) in [4.78, 5) is 23.8. The highest BCUT2D eigenvalue weighted by Crippen LogP contribution is 2.23. The van der Waals surface area contributed by atoms with E-state index in [-0.39, 0.29) is 11.5 Å². The number of aromatic nitrogens is 1. The van der Waals surface area contributed by atoms with E-state index in [0.717, 1.165) is 0 Å². The fourth-order valence-corrected chi connectivity index (χ4v) is 3.56. The Hall–Kier alpha value is -0.920. The number of thioether (sulfide) groups is 1. The Kier molecular flexibility index (Phi) is 3.00. The van der Waals surface area contributed by atoms with Gasteiger partial charge in [-0.05, 0) is 6.92 Å². The molecule has 1 fully saturated rings. The van der Waals surface area contributed by atoms with Gasteiger partial charge < -0.3 is 9.88 Å². The molecule has 0 saturated carbocycles. The topological polar surface area (TPSA) is 51.1 Å². The maximum Gasteiger partial charge on any atom is 0.268 e. The third kappa shape index (κ3) is 1.74. The Bertz CT molecular complexity index is 653. The van der Waals surface area contributed by atoms with Crippen molar-refractivity contribution in [3.63, 3.8) is 0 Å². The van der Waals surface area contributed by atoms with E-state index in [4.69, 9.17) is 12.2 Å². The molecule has 0 bridgehead atoms. The second-order valence-electron chi connectivity index (χ2n) is 3.10. The second-order valence-corrected chi connectivity index (χ2v) is 5.82. The zero-order valence-electron chi connectivity index (χ0n) is 8.57. The van der Waals surface area contributed by atoms with Crippen LogP contribution >= 0.6 is 35.3 Å². The zero-order valence-corrected chi connectivity index (χ0v) is 11.0. The maximum atomic E-state index is 11.7. The highest BCUT2D eigenvalue weighted by molar-refractivity contribution is 8.30. The molecule has 1 amide bonds. The van der Waals surface area contributed by atoms with Crippen molar-refractivity contribution >= 4 is 56.5 Å². The van der Waals surface area contributed by atoms with Gasteiger partial charge >= 0.3 is 0 Å². The SMILES string of the molecule is C/C=c1\s/c(=C2/SC(=S)NC2=O)n(C)c1=O. The largest absolute Gasteiger partial charge is 0.307 e. The van der Waals surface area contributed by atoms with Gasteiger partial charge in [0.05, 0.1) is 4.53 Å². The quantitative estimate of drug-likeness (QED) is 0.647. The number of thiocarbonyl (C=S) groups is 1. The molecule has 2 heterocycles. The average Bonchev–Trinajstić information content (AvgIpc) is 2.70. The molecule has 4 nitrogen and oxygen atoms in total. The lowest BCUT2D eigenvalue weighted by Gasteiger charge is -1.91. The summed E-state index contributed by atoms with van der Waals surface area (Å²) < 4.78 is 3.20. The van der Waals surface area contributed by atoms with Gasteiger partial charge in [0.2, 0.25) is 0 Å². The van der Waals surface area contributed by atoms with Gasteiger partial charge in [-0.2, -0.15) is 0 Å². The van der Waals surface area contributed by atoms with Crippen molar-refractivity contribution in [1.82, 2.24) is 9.88 Å². The molecular formula is C9H8N2O2S3. The highest BCUT2D eigenvalue weighted by atomic mass is 32.2. The number of amides is 1. The molecule has 1 aromatic heterocycles. The maximum absolute atomic E-state index is 11.7. The molecule has 0 atom stereocenters. The minimum absolute atomic E-state index is 0.0822. The van der Waals surface area contributed by atoms with Crippen LogP contribution in [-0.2, 0) is 11.8 Å². The molecule has 0 radical (unpaired) electrons. The van der Waals surface area contributed by atoms with Crippen molar-refractivity contribution in [3.05, 3.63) is 19.5 Å². The van der Waals surface area contributed by atoms with Crippen molar-refractivity contribution in [1.29, 1.82) is 0 Å². The lowest BCUT2D eigenvalue weighted by atomic mass is 10.5. The zero-order chi connectivity index (χ0) is 11.9. The van der Waals surface area contributed by atoms with E-state index in [0.29, 0.717) is 18.4 Å². The van der Waals surface area contributed by atoms with E-state index in [1.165, 1.54) is 27.7 Å². The van der Waals surface area contributed by atoms with Crippen LogP contribution in [0.3, 0.4) is 0 Å². The van der Waals surface area contributed by atoms with Crippen molar-refractivity contribution in [2.45, 2.75) is 6.92 Å². The van der Waals surface area contributed by atoms with E-state index in [1.54, 1.807) is 20.0 Å². The Balaban J connectivity index is 2.84. The molecule has 0 aromatic carbocycles. The summed E-state index contributed by atoms with van der Waals surface area (Å²) in [5.41, 5.74) is -0.0822. The van der Waals surface area contributed by atoms with E-state index in [1.807, 2.05) is 0 Å². The molecule has 2 rings (SSSR count). The highest BCUT2D eigenvalue weighted by Gasteiger charge is 2.24. The summed E-state index contributed by atoms with van der Waals surface area (Å²) in [6.07, 6.45) is 1.74. The molecule has 1 aliphatic heterocycles. The van der Waals surface area contributed by atoms with E-state index < -0.39 is 0 Å². The second kappa shape index (κ2) is 4.15. The van der Waals surface area contributed by atoms with Crippen molar-refractivity contribution in [2.75, 3.05) is 0 Å². The number of hydrogen-bond acceptors (Lipinski definition) is 5. The Morgan fingerprint density at radius 1 is 1.44 bits per heavy atom. The Morgan fingerprint density at radius 2 is 2.12 bits per heavy atom. The van der Waals surface area contributed by atoms with Crippen LogP contribution < -0.4 is 20.1 Å². The van der Waals surface area contributed by atoms with E-state index in [9.17, 15) is 9.59 Å². The predicted molar refractivity (Wildman–Crippen MR) is 70.7 cm³/mol. The molecule has 84 valence electrons. The fourth-order valence-electron chi connectivity index (χ4n) is 1.31. The van der Waals surface area contributed by atoms with Crippen molar-refractivity contribution in [3.8, 4) is 0 Å². The Labute approximate surface area is 105 Å². The van der Waals surface area contributed by atoms with Crippen LogP contribution in [0, 0.1) is 0 Å². The van der Waals surface area contributed by atoms with Gasteiger partial charge in [0, 0.05) is 7.05 Å². The first-order valence-electron chi connectivity index (χ1n) is 4.44. The summed E-state index contributed by atoms with van der Waals surface area (Å²) in [6, 6.07) is 0. The van der Waals surface area contributed by atoms with E-state index in [2.05, 4.69) is 5.32 Å². The molecule has 1 N–H and O–H groups in total. The summed E-state index contributed by atoms with van der Waals surface area (Å²) in [7, 11) is 1.66. The van der Waals surface area contributed by atoms with Gasteiger partial charge in [-0.1, -0.05) is 30.1 Å². The molecule has 0 unspecified atom stereocenters. The standard InChI is InChI=1S/C9H8N2O2S3/c1-3-4-7(13)11(2)8(15-4)5-6(12)10-9(14)16-5/h3H,1-2H3,(H,10,12,14)/b4-3-,8-5+. The third-order valence-electron chi connectivity index (χ3n) is 2.10. The van der Waals surface area contributed by atoms with Crippen molar-refractivity contribution < 1.29 is 4.79 Å². The normalized spacial score (nSPS) is 20.5. The molecule has 1 saturated heterocycles. The summed E-state index contributed by atoms with van der Waals surface area (Å²) in [5.74, 6) is -0.227. The molecule has 1 aliphatic rings. The average molecular weight is 272 g/mol. The van der Waals surface area contributed by atoms with Gasteiger partial charge in [0.1, 0.15) is 13.9 Å². The number of hydrogen-bond donors (Lipinski definition) is 1. The molecule has 7 heteroatoms. The van der Waals surface area contributed by atoms with Gasteiger partial charge in [0.25, 0.3) is 11.5 Å². The van der Waals surface area contributed by atoms with Gasteiger partial charge in [-0.3, -0.25) is 9.59 Å². The first kappa shape index (κ1) is 11.6. The molecular weight excluding hydrogens is 264 g/mol. The minimum Gasteiger partial charge on any atom is -0.307 e. The molecule has 0 spiro atoms. The number of nitrogens with one attached hydrogen (secondary N) is 1. The van der Waals surface area contributed by atoms with Crippen LogP contribution in [0.1, 0.15) is 6.92 Å². The smallest absolute Gasteiger partial charge is 0.268 e. The van der Waals surface area contributed by atoms with Crippen molar-refractivity contribution in [2.24, 2.45) is 7.05 Å². The van der Waals surface area contributed by atoms with Crippen LogP contribution in [0.4, 0.5) is 0 Å². The van der Waals surface area contributed by atoms with Gasteiger partial charge in [-0.25, -0.2) is 0 Å². The molecule has 1 aromatic rings. The first-order valence-corrected chi connectivity index (χ1v) is 6.48. The Morgan fingerprint density at radius 3 is 2.56 bits per heavy atom. The van der Waals surface area contributed by atoms with Crippen LogP contribution in [0.2, 0.25) is 0 Å². The minimum atomic E-state index is -0.227. The van der Waals surface area contributed by atoms with Crippen LogP contribution in [0.5, 0.6) is 0 Å². The monoisotopic (exact) mass is 272 g/mol. The van der Waals surface area contributed by atoms with E-state index >= 15 is 0 Å². The molecule has 16 heavy (non-hydrogen) atoms. The van der Waals surface area contributed by atoms with Crippen LogP contribution in [-0.4, -0.2) is 14.8 Å². The number of thiazole rings is 1. The summed E-state index contributed by atoms with van der Waals surface area (Å²) in [5, 5.41) is 2.54. The van der Waals surface area contributed by atoms with Crippen LogP contribution in [0.25, 0.3) is 11.0 Å². The lowest BCUT2D eigenvalue weighted by Crippen LogP contribution is -2.30. The summed E-state index contributed by atoms with van der Waals surface area (Å²) in [6.45, 7) is 1.80. The first-order chi connectivity index (χ1) is 7.54. The fraction of sp³-hybridized carbons (Fsp3) is 0.222. The molecule has 0 aliphatic carbocycles. The number of carbonyl (C=O) groups excluding carboxylic acids is 1. The summed E-state index contributed by atoms with van der Waals surface area (Å²) >= 11 is 7.41. The number of nitrogens with zero attached hydrogens (tertiary/aromatic N) is 1. The number of carbonyl (C=O) groups is 1. The van der Waals surface area contributed by atoms with Gasteiger partial charge in [-0.15, -0.1) is 11.3 Å². The lowest BCUT2D eigenvalue weighted by molar-refractivity contribution is -0.113. The predicted octanol–water partition coefficient (Wildman–Crippen LogP) is -0.497. The van der Waals surface area contributed by atoms with Crippen LogP contribution in [0.15, 0.2) is 4.79 Å². The van der Waals surface area contributed by atoms with Gasteiger partial charge in [0.15, 0.2) is 0 Å².